The van der Waals surface area contributed by atoms with Gasteiger partial charge < -0.3 is 14.7 Å². The summed E-state index contributed by atoms with van der Waals surface area (Å²) in [7, 11) is -4.33. The van der Waals surface area contributed by atoms with E-state index >= 15 is 0 Å². The number of carbonyl (C=O) groups excluding carboxylic acids is 1. The predicted octanol–water partition coefficient (Wildman–Crippen LogP) is 4.71. The smallest absolute Gasteiger partial charge is 0.334 e. The molecule has 0 heterocycles. The van der Waals surface area contributed by atoms with E-state index in [1.165, 1.54) is 0 Å². The van der Waals surface area contributed by atoms with Gasteiger partial charge in [0.1, 0.15) is 6.16 Å². The second-order valence-electron chi connectivity index (χ2n) is 6.74. The molecule has 5 nitrogen and oxygen atoms in total. The van der Waals surface area contributed by atoms with Crippen molar-refractivity contribution >= 4 is 13.5 Å². The number of rotatable bonds is 14. The molecule has 0 radical (unpaired) electrons. The second kappa shape index (κ2) is 12.9. The topological polar surface area (TPSA) is 77.8 Å². The van der Waals surface area contributed by atoms with Crippen molar-refractivity contribution in [2.75, 3.05) is 6.16 Å². The Morgan fingerprint density at radius 2 is 1.29 bits per heavy atom. The van der Waals surface area contributed by atoms with E-state index in [0.29, 0.717) is 0 Å². The number of hydrogen-bond donors (Lipinski definition) is 2. The Kier molecular flexibility index (Phi) is 12.7. The monoisotopic (exact) mass is 363 g/mol. The first-order chi connectivity index (χ1) is 11.3. The van der Waals surface area contributed by atoms with Crippen LogP contribution in [0.15, 0.2) is 0 Å². The molecule has 6 heteroatoms. The van der Waals surface area contributed by atoms with Gasteiger partial charge in [-0.2, -0.15) is 0 Å². The molecule has 0 aliphatic rings. The number of hydrogen-bond acceptors (Lipinski definition) is 2. The molecule has 0 rings (SSSR count). The van der Waals surface area contributed by atoms with Crippen LogP contribution in [0.3, 0.4) is 0 Å². The maximum Gasteiger partial charge on any atom is 0.334 e. The zero-order valence-corrected chi connectivity index (χ0v) is 16.9. The Morgan fingerprint density at radius 1 is 0.875 bits per heavy atom. The molecule has 1 amide bonds. The van der Waals surface area contributed by atoms with Crippen LogP contribution in [0.25, 0.3) is 0 Å². The summed E-state index contributed by atoms with van der Waals surface area (Å²) < 4.78 is 11.3. The van der Waals surface area contributed by atoms with E-state index in [4.69, 9.17) is 0 Å². The molecule has 2 unspecified atom stereocenters. The molecule has 0 spiro atoms. The summed E-state index contributed by atoms with van der Waals surface area (Å²) in [4.78, 5) is 33.0. The van der Waals surface area contributed by atoms with Gasteiger partial charge in [0.25, 0.3) is 0 Å². The van der Waals surface area contributed by atoms with Crippen LogP contribution in [0, 0.1) is 0 Å². The highest BCUT2D eigenvalue weighted by Crippen LogP contribution is 2.35. The summed E-state index contributed by atoms with van der Waals surface area (Å²) in [6, 6.07) is 0.171. The fourth-order valence-electron chi connectivity index (χ4n) is 3.30. The molecule has 0 aromatic carbocycles. The van der Waals surface area contributed by atoms with Gasteiger partial charge in [0.15, 0.2) is 0 Å². The Labute approximate surface area is 148 Å². The van der Waals surface area contributed by atoms with Gasteiger partial charge in [0.2, 0.25) is 5.91 Å². The summed E-state index contributed by atoms with van der Waals surface area (Å²) in [5.41, 5.74) is 0. The van der Waals surface area contributed by atoms with Crippen molar-refractivity contribution < 1.29 is 19.1 Å². The molecule has 0 aliphatic carbocycles. The van der Waals surface area contributed by atoms with Crippen LogP contribution in [-0.2, 0) is 9.36 Å². The molecule has 0 aromatic heterocycles. The normalized spacial score (nSPS) is 14.4. The van der Waals surface area contributed by atoms with Crippen molar-refractivity contribution in [3.8, 4) is 0 Å². The average Bonchev–Trinajstić information content (AvgIpc) is 2.50. The highest BCUT2D eigenvalue weighted by atomic mass is 31.2. The highest BCUT2D eigenvalue weighted by molar-refractivity contribution is 7.52. The molecule has 0 aromatic rings. The second-order valence-corrected chi connectivity index (χ2v) is 8.39. The first-order valence-electron chi connectivity index (χ1n) is 9.66. The first kappa shape index (κ1) is 23.6. The lowest BCUT2D eigenvalue weighted by Gasteiger charge is -2.38. The van der Waals surface area contributed by atoms with Gasteiger partial charge in [-0.3, -0.25) is 9.36 Å². The van der Waals surface area contributed by atoms with Crippen molar-refractivity contribution in [2.45, 2.75) is 104 Å². The van der Waals surface area contributed by atoms with Gasteiger partial charge in [-0.15, -0.1) is 0 Å². The van der Waals surface area contributed by atoms with Gasteiger partial charge in [-0.25, -0.2) is 0 Å². The van der Waals surface area contributed by atoms with Gasteiger partial charge >= 0.3 is 7.60 Å². The zero-order chi connectivity index (χ0) is 18.6. The SMILES string of the molecule is CCCCCC(CC)N(C(=O)CP(=O)(O)O)C(CC)CCCCC. The summed E-state index contributed by atoms with van der Waals surface area (Å²) in [5.74, 6) is -0.380. The number of nitrogens with zero attached hydrogens (tertiary/aromatic N) is 1. The third-order valence-corrected chi connectivity index (χ3v) is 5.32. The average molecular weight is 363 g/mol. The van der Waals surface area contributed by atoms with Crippen LogP contribution >= 0.6 is 7.60 Å². The largest absolute Gasteiger partial charge is 0.336 e. The van der Waals surface area contributed by atoms with Crippen molar-refractivity contribution in [3.05, 3.63) is 0 Å². The number of unbranched alkanes of at least 4 members (excludes halogenated alkanes) is 4. The molecule has 144 valence electrons. The van der Waals surface area contributed by atoms with Crippen LogP contribution in [0.1, 0.15) is 91.9 Å². The fourth-order valence-corrected chi connectivity index (χ4v) is 3.82. The third-order valence-electron chi connectivity index (χ3n) is 4.64. The summed E-state index contributed by atoms with van der Waals surface area (Å²) in [6.45, 7) is 8.43. The minimum Gasteiger partial charge on any atom is -0.336 e. The molecule has 0 fully saturated rings. The summed E-state index contributed by atoms with van der Waals surface area (Å²) >= 11 is 0. The fraction of sp³-hybridized carbons (Fsp3) is 0.944. The van der Waals surface area contributed by atoms with Crippen molar-refractivity contribution in [2.24, 2.45) is 0 Å². The summed E-state index contributed by atoms with van der Waals surface area (Å²) in [6.07, 6.45) is 9.46. The maximum absolute atomic E-state index is 12.7. The number of carbonyl (C=O) groups is 1. The van der Waals surface area contributed by atoms with E-state index in [9.17, 15) is 19.1 Å². The standard InChI is InChI=1S/C18H38NO4P/c1-5-9-11-13-16(7-3)19(18(20)15-24(21,22)23)17(8-4)14-12-10-6-2/h16-17H,5-15H2,1-4H3,(H2,21,22,23). The van der Waals surface area contributed by atoms with Gasteiger partial charge in [-0.05, 0) is 25.7 Å². The lowest BCUT2D eigenvalue weighted by atomic mass is 9.98. The molecule has 0 aliphatic heterocycles. The van der Waals surface area contributed by atoms with Crippen LogP contribution < -0.4 is 0 Å². The van der Waals surface area contributed by atoms with Gasteiger partial charge in [-0.1, -0.05) is 66.2 Å². The molecule has 0 saturated heterocycles. The molecule has 24 heavy (non-hydrogen) atoms. The Balaban J connectivity index is 5.20. The molecule has 2 atom stereocenters. The van der Waals surface area contributed by atoms with Crippen molar-refractivity contribution in [1.29, 1.82) is 0 Å². The lowest BCUT2D eigenvalue weighted by Crippen LogP contribution is -2.48. The van der Waals surface area contributed by atoms with Gasteiger partial charge in [0, 0.05) is 12.1 Å². The Morgan fingerprint density at radius 3 is 1.58 bits per heavy atom. The lowest BCUT2D eigenvalue weighted by molar-refractivity contribution is -0.134. The van der Waals surface area contributed by atoms with Crippen LogP contribution in [0.4, 0.5) is 0 Å². The van der Waals surface area contributed by atoms with E-state index in [0.717, 1.165) is 64.2 Å². The molecular formula is C18H38NO4P. The molecule has 0 bridgehead atoms. The highest BCUT2D eigenvalue weighted by Gasteiger charge is 2.32. The Bertz CT molecular complexity index is 365. The van der Waals surface area contributed by atoms with E-state index in [1.54, 1.807) is 0 Å². The van der Waals surface area contributed by atoms with Crippen LogP contribution in [0.2, 0.25) is 0 Å². The predicted molar refractivity (Wildman–Crippen MR) is 100 cm³/mol. The molecular weight excluding hydrogens is 325 g/mol. The van der Waals surface area contributed by atoms with Gasteiger partial charge in [0.05, 0.1) is 0 Å². The van der Waals surface area contributed by atoms with E-state index in [1.807, 2.05) is 4.90 Å². The minimum absolute atomic E-state index is 0.0853. The zero-order valence-electron chi connectivity index (χ0n) is 16.0. The summed E-state index contributed by atoms with van der Waals surface area (Å²) in [5, 5.41) is 0. The minimum atomic E-state index is -4.33. The third kappa shape index (κ3) is 9.80. The first-order valence-corrected chi connectivity index (χ1v) is 11.5. The van der Waals surface area contributed by atoms with E-state index in [2.05, 4.69) is 27.7 Å². The van der Waals surface area contributed by atoms with E-state index < -0.39 is 13.8 Å². The van der Waals surface area contributed by atoms with Crippen molar-refractivity contribution in [1.82, 2.24) is 4.90 Å². The van der Waals surface area contributed by atoms with Crippen LogP contribution in [0.5, 0.6) is 0 Å². The van der Waals surface area contributed by atoms with E-state index in [-0.39, 0.29) is 18.0 Å². The molecule has 0 saturated carbocycles. The maximum atomic E-state index is 12.7. The quantitative estimate of drug-likeness (QED) is 0.346. The van der Waals surface area contributed by atoms with Crippen molar-refractivity contribution in [3.63, 3.8) is 0 Å². The Hall–Kier alpha value is -0.380. The van der Waals surface area contributed by atoms with Crippen LogP contribution in [-0.4, -0.2) is 38.8 Å². The molecule has 2 N–H and O–H groups in total. The number of amides is 1.